The molecule has 0 heterocycles. The molecule has 0 amide bonds. The number of nitrogens with one attached hydrogen (secondary N) is 1. The fourth-order valence-corrected chi connectivity index (χ4v) is 2.84. The lowest BCUT2D eigenvalue weighted by Crippen LogP contribution is -2.09. The second kappa shape index (κ2) is 5.97. The average molecular weight is 305 g/mol. The van der Waals surface area contributed by atoms with Crippen molar-refractivity contribution in [2.75, 3.05) is 0 Å². The van der Waals surface area contributed by atoms with Crippen molar-refractivity contribution in [3.05, 3.63) is 59.5 Å². The zero-order valence-electron chi connectivity index (χ0n) is 10.9. The highest BCUT2D eigenvalue weighted by Crippen LogP contribution is 2.20. The second-order valence-corrected chi connectivity index (χ2v) is 5.75. The monoisotopic (exact) mass is 305 g/mol. The Balaban J connectivity index is 2.56. The molecule has 0 fully saturated rings. The first-order valence-corrected chi connectivity index (χ1v) is 7.40. The highest BCUT2D eigenvalue weighted by Gasteiger charge is 2.20. The molecule has 0 aliphatic heterocycles. The second-order valence-electron chi connectivity index (χ2n) is 4.18. The van der Waals surface area contributed by atoms with E-state index in [2.05, 4.69) is 10.3 Å². The van der Waals surface area contributed by atoms with Gasteiger partial charge in [0.1, 0.15) is 10.7 Å². The molecular formula is C14H12FN3O2S. The van der Waals surface area contributed by atoms with E-state index in [1.54, 1.807) is 12.2 Å². The third-order valence-electron chi connectivity index (χ3n) is 2.77. The molecule has 0 unspecified atom stereocenters. The average Bonchev–Trinajstić information content (AvgIpc) is 2.47. The standard InChI is InChI=1S/C14H12FN3O2S/c15-12-6-5-10(8-16)7-14(12)21(19,20)18-13-4-2-1-3-11(13)9-17/h1-7,17H,8,16H2/b18-13-. The minimum Gasteiger partial charge on any atom is -0.326 e. The number of sulfonamides is 1. The SMILES string of the molecule is N=C=C1C=CC=C/C1=N/S(=O)(=O)c1cc(CN)ccc1F. The van der Waals surface area contributed by atoms with Crippen molar-refractivity contribution in [1.82, 2.24) is 0 Å². The molecule has 0 atom stereocenters. The van der Waals surface area contributed by atoms with Gasteiger partial charge in [-0.2, -0.15) is 12.8 Å². The van der Waals surface area contributed by atoms with Crippen LogP contribution in [0, 0.1) is 11.2 Å². The molecule has 108 valence electrons. The highest BCUT2D eigenvalue weighted by molar-refractivity contribution is 7.90. The van der Waals surface area contributed by atoms with Gasteiger partial charge in [0.2, 0.25) is 0 Å². The predicted octanol–water partition coefficient (Wildman–Crippen LogP) is 1.71. The molecule has 1 aromatic rings. The molecule has 1 aliphatic carbocycles. The van der Waals surface area contributed by atoms with Gasteiger partial charge in [-0.25, -0.2) is 4.39 Å². The summed E-state index contributed by atoms with van der Waals surface area (Å²) in [6, 6.07) is 3.61. The van der Waals surface area contributed by atoms with Crippen molar-refractivity contribution >= 4 is 21.6 Å². The fourth-order valence-electron chi connectivity index (χ4n) is 1.71. The van der Waals surface area contributed by atoms with Gasteiger partial charge in [-0.15, -0.1) is 0 Å². The number of halogens is 1. The Kier molecular flexibility index (Phi) is 4.28. The fraction of sp³-hybridized carbons (Fsp3) is 0.0714. The van der Waals surface area contributed by atoms with Crippen LogP contribution in [-0.2, 0) is 16.6 Å². The number of hydrogen-bond donors (Lipinski definition) is 2. The van der Waals surface area contributed by atoms with Gasteiger partial charge in [0.05, 0.1) is 11.3 Å². The van der Waals surface area contributed by atoms with Gasteiger partial charge in [0.15, 0.2) is 0 Å². The Labute approximate surface area is 121 Å². The van der Waals surface area contributed by atoms with Gasteiger partial charge in [-0.1, -0.05) is 18.2 Å². The van der Waals surface area contributed by atoms with E-state index < -0.39 is 20.7 Å². The first kappa shape index (κ1) is 15.1. The zero-order chi connectivity index (χ0) is 15.5. The summed E-state index contributed by atoms with van der Waals surface area (Å²) < 4.78 is 41.8. The van der Waals surface area contributed by atoms with E-state index in [-0.39, 0.29) is 17.8 Å². The van der Waals surface area contributed by atoms with E-state index in [0.29, 0.717) is 5.56 Å². The van der Waals surface area contributed by atoms with E-state index in [0.717, 1.165) is 12.1 Å². The molecule has 0 saturated carbocycles. The smallest absolute Gasteiger partial charge is 0.285 e. The summed E-state index contributed by atoms with van der Waals surface area (Å²) >= 11 is 0. The van der Waals surface area contributed by atoms with Crippen LogP contribution in [0.15, 0.2) is 57.4 Å². The summed E-state index contributed by atoms with van der Waals surface area (Å²) in [5.41, 5.74) is 6.15. The largest absolute Gasteiger partial charge is 0.326 e. The summed E-state index contributed by atoms with van der Waals surface area (Å²) in [7, 11) is -4.24. The van der Waals surface area contributed by atoms with Crippen LogP contribution in [-0.4, -0.2) is 20.0 Å². The molecule has 1 aliphatic rings. The van der Waals surface area contributed by atoms with Gasteiger partial charge in [-0.3, -0.25) is 5.41 Å². The van der Waals surface area contributed by atoms with Crippen LogP contribution in [0.1, 0.15) is 5.56 Å². The topological polar surface area (TPSA) is 96.4 Å². The van der Waals surface area contributed by atoms with E-state index in [9.17, 15) is 12.8 Å². The maximum atomic E-state index is 13.8. The number of nitrogens with zero attached hydrogens (tertiary/aromatic N) is 1. The molecule has 0 bridgehead atoms. The minimum atomic E-state index is -4.24. The third kappa shape index (κ3) is 3.22. The Bertz CT molecular complexity index is 817. The van der Waals surface area contributed by atoms with Crippen molar-refractivity contribution in [2.45, 2.75) is 11.4 Å². The number of benzene rings is 1. The van der Waals surface area contributed by atoms with Crippen LogP contribution in [0.25, 0.3) is 0 Å². The number of nitrogens with two attached hydrogens (primary N) is 1. The van der Waals surface area contributed by atoms with Gasteiger partial charge >= 0.3 is 0 Å². The Morgan fingerprint density at radius 2 is 2.00 bits per heavy atom. The molecule has 0 saturated heterocycles. The molecule has 0 aromatic heterocycles. The maximum Gasteiger partial charge on any atom is 0.285 e. The zero-order valence-corrected chi connectivity index (χ0v) is 11.7. The van der Waals surface area contributed by atoms with Crippen molar-refractivity contribution in [2.24, 2.45) is 10.1 Å². The van der Waals surface area contributed by atoms with Crippen molar-refractivity contribution in [3.8, 4) is 0 Å². The summed E-state index contributed by atoms with van der Waals surface area (Å²) in [6.07, 6.45) is 6.10. The lowest BCUT2D eigenvalue weighted by molar-refractivity contribution is 0.567. The number of hydrogen-bond acceptors (Lipinski definition) is 4. The van der Waals surface area contributed by atoms with Gasteiger partial charge < -0.3 is 5.73 Å². The lowest BCUT2D eigenvalue weighted by atomic mass is 10.1. The molecule has 5 nitrogen and oxygen atoms in total. The molecular weight excluding hydrogens is 293 g/mol. The summed E-state index contributed by atoms with van der Waals surface area (Å²) in [6.45, 7) is 0.0909. The van der Waals surface area contributed by atoms with Gasteiger partial charge in [0.25, 0.3) is 10.0 Å². The quantitative estimate of drug-likeness (QED) is 0.832. The predicted molar refractivity (Wildman–Crippen MR) is 78.4 cm³/mol. The van der Waals surface area contributed by atoms with Crippen molar-refractivity contribution in [3.63, 3.8) is 0 Å². The maximum absolute atomic E-state index is 13.8. The highest BCUT2D eigenvalue weighted by atomic mass is 32.2. The summed E-state index contributed by atoms with van der Waals surface area (Å²) in [5.74, 6) is 1.19. The van der Waals surface area contributed by atoms with Crippen LogP contribution in [0.2, 0.25) is 0 Å². The Morgan fingerprint density at radius 3 is 2.67 bits per heavy atom. The number of allylic oxidation sites excluding steroid dienone is 5. The Hall–Kier alpha value is -2.34. The Morgan fingerprint density at radius 1 is 1.29 bits per heavy atom. The van der Waals surface area contributed by atoms with Crippen molar-refractivity contribution < 1.29 is 12.8 Å². The first-order chi connectivity index (χ1) is 9.97. The molecule has 2 rings (SSSR count). The third-order valence-corrected chi connectivity index (χ3v) is 4.07. The molecule has 3 N–H and O–H groups in total. The van der Waals surface area contributed by atoms with Crippen molar-refractivity contribution in [1.29, 1.82) is 5.41 Å². The summed E-state index contributed by atoms with van der Waals surface area (Å²) in [4.78, 5) is -0.537. The molecule has 7 heteroatoms. The minimum absolute atomic E-state index is 0.0325. The summed E-state index contributed by atoms with van der Waals surface area (Å²) in [5, 5.41) is 7.11. The molecule has 0 radical (unpaired) electrons. The molecule has 1 aromatic carbocycles. The van der Waals surface area contributed by atoms with Crippen LogP contribution in [0.3, 0.4) is 0 Å². The van der Waals surface area contributed by atoms with E-state index >= 15 is 0 Å². The normalized spacial score (nSPS) is 16.3. The van der Waals surface area contributed by atoms with E-state index in [1.165, 1.54) is 18.2 Å². The lowest BCUT2D eigenvalue weighted by Gasteiger charge is -2.06. The van der Waals surface area contributed by atoms with Gasteiger partial charge in [-0.05, 0) is 35.7 Å². The molecule has 21 heavy (non-hydrogen) atoms. The number of rotatable bonds is 3. The van der Waals surface area contributed by atoms with Crippen LogP contribution >= 0.6 is 0 Å². The first-order valence-electron chi connectivity index (χ1n) is 5.96. The van der Waals surface area contributed by atoms with E-state index in [1.807, 2.05) is 0 Å². The van der Waals surface area contributed by atoms with Crippen LogP contribution < -0.4 is 5.73 Å². The van der Waals surface area contributed by atoms with Gasteiger partial charge in [0, 0.05) is 6.54 Å². The van der Waals surface area contributed by atoms with Crippen LogP contribution in [0.4, 0.5) is 4.39 Å². The molecule has 0 spiro atoms. The van der Waals surface area contributed by atoms with Crippen LogP contribution in [0.5, 0.6) is 0 Å². The van der Waals surface area contributed by atoms with E-state index in [4.69, 9.17) is 11.1 Å².